The van der Waals surface area contributed by atoms with Crippen LogP contribution in [0.5, 0.6) is 5.88 Å². The zero-order valence-corrected chi connectivity index (χ0v) is 14.6. The van der Waals surface area contributed by atoms with Crippen molar-refractivity contribution in [2.75, 3.05) is 13.1 Å². The van der Waals surface area contributed by atoms with Gasteiger partial charge in [-0.3, -0.25) is 0 Å². The molecule has 1 saturated heterocycles. The molecule has 25 heavy (non-hydrogen) atoms. The smallest absolute Gasteiger partial charge is 0.235 e. The van der Waals surface area contributed by atoms with Gasteiger partial charge in [0.15, 0.2) is 6.04 Å². The van der Waals surface area contributed by atoms with Crippen molar-refractivity contribution in [2.24, 2.45) is 0 Å². The van der Waals surface area contributed by atoms with Crippen molar-refractivity contribution in [3.8, 4) is 5.88 Å². The number of thiazole rings is 1. The van der Waals surface area contributed by atoms with Crippen molar-refractivity contribution in [2.45, 2.75) is 31.9 Å². The largest absolute Gasteiger partial charge is 0.492 e. The number of piperidine rings is 1. The number of fused-ring (bicyclic) bond motifs is 1. The van der Waals surface area contributed by atoms with Crippen molar-refractivity contribution >= 4 is 16.3 Å². The van der Waals surface area contributed by atoms with E-state index in [2.05, 4.69) is 10.1 Å². The standard InChI is InChI=1S/C17H19FN4O2S/c1-10-19-17-22(20-10)16(24)15(25-17)14(11-2-4-12(18)5-3-11)21-8-6-13(23)7-9-21/h2-5,13-14,23-24H,6-9H2,1H3/p+1/t14-/m0/s1. The van der Waals surface area contributed by atoms with Crippen LogP contribution < -0.4 is 4.90 Å². The number of aryl methyl sites for hydroxylation is 1. The minimum Gasteiger partial charge on any atom is -0.492 e. The fourth-order valence-corrected chi connectivity index (χ4v) is 4.71. The van der Waals surface area contributed by atoms with Crippen LogP contribution in [0.2, 0.25) is 0 Å². The number of rotatable bonds is 3. The van der Waals surface area contributed by atoms with Crippen LogP contribution in [0.25, 0.3) is 4.96 Å². The lowest BCUT2D eigenvalue weighted by atomic mass is 9.99. The topological polar surface area (TPSA) is 75.1 Å². The first-order valence-electron chi connectivity index (χ1n) is 8.36. The Kier molecular flexibility index (Phi) is 4.18. The molecule has 3 aromatic rings. The summed E-state index contributed by atoms with van der Waals surface area (Å²) >= 11 is 1.41. The van der Waals surface area contributed by atoms with Crippen molar-refractivity contribution in [3.63, 3.8) is 0 Å². The van der Waals surface area contributed by atoms with Gasteiger partial charge in [-0.25, -0.2) is 9.37 Å². The van der Waals surface area contributed by atoms with E-state index < -0.39 is 0 Å². The van der Waals surface area contributed by atoms with E-state index in [0.717, 1.165) is 23.5 Å². The summed E-state index contributed by atoms with van der Waals surface area (Å²) < 4.78 is 14.8. The van der Waals surface area contributed by atoms with Crippen LogP contribution in [0, 0.1) is 12.7 Å². The maximum absolute atomic E-state index is 13.4. The Bertz CT molecular complexity index is 884. The minimum atomic E-state index is -0.283. The molecular weight excluding hydrogens is 343 g/mol. The highest BCUT2D eigenvalue weighted by Crippen LogP contribution is 2.35. The first-order chi connectivity index (χ1) is 12.0. The molecule has 4 rings (SSSR count). The molecule has 0 amide bonds. The third kappa shape index (κ3) is 3.01. The highest BCUT2D eigenvalue weighted by Gasteiger charge is 2.35. The molecule has 0 unspecified atom stereocenters. The molecule has 1 fully saturated rings. The van der Waals surface area contributed by atoms with Gasteiger partial charge >= 0.3 is 0 Å². The molecule has 3 N–H and O–H groups in total. The van der Waals surface area contributed by atoms with E-state index in [1.165, 1.54) is 32.9 Å². The third-order valence-electron chi connectivity index (χ3n) is 4.78. The Morgan fingerprint density at radius 1 is 1.28 bits per heavy atom. The van der Waals surface area contributed by atoms with Gasteiger partial charge in [0.25, 0.3) is 0 Å². The molecule has 8 heteroatoms. The SMILES string of the molecule is Cc1nc2sc([C@H](c3ccc(F)cc3)[NH+]3CCC(O)CC3)c(O)n2n1. The van der Waals surface area contributed by atoms with Gasteiger partial charge in [-0.1, -0.05) is 11.3 Å². The quantitative estimate of drug-likeness (QED) is 0.651. The molecule has 0 saturated carbocycles. The molecule has 0 aliphatic carbocycles. The van der Waals surface area contributed by atoms with Gasteiger partial charge in [0.2, 0.25) is 10.8 Å². The summed E-state index contributed by atoms with van der Waals surface area (Å²) in [5.41, 5.74) is 0.935. The highest BCUT2D eigenvalue weighted by atomic mass is 32.1. The summed E-state index contributed by atoms with van der Waals surface area (Å²) in [6.07, 6.45) is 1.16. The number of aromatic nitrogens is 3. The molecule has 1 atom stereocenters. The number of nitrogens with zero attached hydrogens (tertiary/aromatic N) is 3. The number of halogens is 1. The van der Waals surface area contributed by atoms with Crippen molar-refractivity contribution in [1.82, 2.24) is 14.6 Å². The summed E-state index contributed by atoms with van der Waals surface area (Å²) in [6, 6.07) is 6.27. The van der Waals surface area contributed by atoms with Crippen LogP contribution in [0.1, 0.15) is 35.1 Å². The predicted molar refractivity (Wildman–Crippen MR) is 91.4 cm³/mol. The second-order valence-corrected chi connectivity index (χ2v) is 7.53. The van der Waals surface area contributed by atoms with Crippen LogP contribution >= 0.6 is 11.3 Å². The van der Waals surface area contributed by atoms with Crippen LogP contribution in [0.4, 0.5) is 4.39 Å². The van der Waals surface area contributed by atoms with E-state index in [4.69, 9.17) is 0 Å². The number of aliphatic hydroxyl groups excluding tert-OH is 1. The number of nitrogens with one attached hydrogen (secondary N) is 1. The van der Waals surface area contributed by atoms with E-state index in [1.807, 2.05) is 0 Å². The Hall–Kier alpha value is -2.03. The number of aromatic hydroxyl groups is 1. The predicted octanol–water partition coefficient (Wildman–Crippen LogP) is 1.07. The zero-order chi connectivity index (χ0) is 17.6. The molecule has 3 heterocycles. The van der Waals surface area contributed by atoms with Gasteiger partial charge in [-0.2, -0.15) is 4.52 Å². The Labute approximate surface area is 148 Å². The molecule has 1 aliphatic rings. The van der Waals surface area contributed by atoms with E-state index >= 15 is 0 Å². The second-order valence-electron chi connectivity index (χ2n) is 6.52. The van der Waals surface area contributed by atoms with E-state index in [9.17, 15) is 14.6 Å². The third-order valence-corrected chi connectivity index (χ3v) is 5.86. The fraction of sp³-hybridized carbons (Fsp3) is 0.412. The Morgan fingerprint density at radius 2 is 1.96 bits per heavy atom. The van der Waals surface area contributed by atoms with Gasteiger partial charge in [-0.05, 0) is 31.2 Å². The van der Waals surface area contributed by atoms with Crippen LogP contribution in [-0.2, 0) is 0 Å². The molecule has 0 bridgehead atoms. The monoisotopic (exact) mass is 363 g/mol. The summed E-state index contributed by atoms with van der Waals surface area (Å²) in [4.78, 5) is 7.01. The lowest BCUT2D eigenvalue weighted by Crippen LogP contribution is -3.13. The molecule has 2 aromatic heterocycles. The zero-order valence-electron chi connectivity index (χ0n) is 13.8. The maximum Gasteiger partial charge on any atom is 0.235 e. The normalized spacial score (nSPS) is 22.4. The lowest BCUT2D eigenvalue weighted by molar-refractivity contribution is -0.931. The molecule has 0 spiro atoms. The van der Waals surface area contributed by atoms with E-state index in [0.29, 0.717) is 23.6 Å². The first-order valence-corrected chi connectivity index (χ1v) is 9.17. The molecule has 1 aromatic carbocycles. The lowest BCUT2D eigenvalue weighted by Gasteiger charge is -2.33. The Balaban J connectivity index is 1.79. The van der Waals surface area contributed by atoms with E-state index in [1.54, 1.807) is 19.1 Å². The fourth-order valence-electron chi connectivity index (χ4n) is 3.53. The second kappa shape index (κ2) is 6.36. The number of likely N-dealkylation sites (tertiary alicyclic amines) is 1. The van der Waals surface area contributed by atoms with Gasteiger partial charge in [0, 0.05) is 18.4 Å². The number of hydrogen-bond acceptors (Lipinski definition) is 5. The summed E-state index contributed by atoms with van der Waals surface area (Å²) in [5.74, 6) is 0.419. The van der Waals surface area contributed by atoms with Gasteiger partial charge in [-0.15, -0.1) is 5.10 Å². The average molecular weight is 363 g/mol. The van der Waals surface area contributed by atoms with Crippen molar-refractivity contribution in [3.05, 3.63) is 46.3 Å². The van der Waals surface area contributed by atoms with Crippen LogP contribution in [0.3, 0.4) is 0 Å². The van der Waals surface area contributed by atoms with Gasteiger partial charge < -0.3 is 15.1 Å². The molecule has 0 radical (unpaired) electrons. The Morgan fingerprint density at radius 3 is 2.60 bits per heavy atom. The number of quaternary nitrogens is 1. The van der Waals surface area contributed by atoms with Gasteiger partial charge in [0.05, 0.1) is 19.2 Å². The van der Waals surface area contributed by atoms with E-state index in [-0.39, 0.29) is 23.8 Å². The number of benzene rings is 1. The molecule has 6 nitrogen and oxygen atoms in total. The number of hydrogen-bond donors (Lipinski definition) is 3. The first kappa shape index (κ1) is 16.4. The van der Waals surface area contributed by atoms with Gasteiger partial charge in [0.1, 0.15) is 16.5 Å². The van der Waals surface area contributed by atoms with Crippen molar-refractivity contribution in [1.29, 1.82) is 0 Å². The molecule has 132 valence electrons. The molecular formula is C17H20FN4O2S+. The molecule has 1 aliphatic heterocycles. The average Bonchev–Trinajstić information content (AvgIpc) is 3.09. The van der Waals surface area contributed by atoms with Crippen LogP contribution in [-0.4, -0.2) is 44.0 Å². The van der Waals surface area contributed by atoms with Crippen molar-refractivity contribution < 1.29 is 19.5 Å². The highest BCUT2D eigenvalue weighted by molar-refractivity contribution is 7.17. The number of aliphatic hydroxyl groups is 1. The summed E-state index contributed by atoms with van der Waals surface area (Å²) in [6.45, 7) is 3.36. The summed E-state index contributed by atoms with van der Waals surface area (Å²) in [5, 5.41) is 24.8. The van der Waals surface area contributed by atoms with Crippen LogP contribution in [0.15, 0.2) is 24.3 Å². The minimum absolute atomic E-state index is 0.0912. The maximum atomic E-state index is 13.4. The summed E-state index contributed by atoms with van der Waals surface area (Å²) in [7, 11) is 0.